The largest absolute Gasteiger partial charge is 0.537 e. The lowest BCUT2D eigenvalue weighted by atomic mass is 10.0. The molecule has 0 N–H and O–H groups in total. The third-order valence-corrected chi connectivity index (χ3v) is 13.5. The summed E-state index contributed by atoms with van der Waals surface area (Å²) in [6.07, 6.45) is 57.6. The standard InChI is InChI=1S/C54H105O6P/c1-4-7-10-13-16-19-22-25-28-31-34-37-40-43-46-49-52(55)58-61(59-53(56)50-47-44-41-38-35-32-29-26-23-20-17-14-11-8-5-2)60-54(57)51-48-45-42-39-36-33-30-27-24-21-18-15-12-9-6-3/h4-51H2,1-3H3. The Morgan fingerprint density at radius 3 is 0.508 bits per heavy atom. The van der Waals surface area contributed by atoms with Gasteiger partial charge in [-0.2, -0.15) is 0 Å². The molecule has 0 spiro atoms. The number of carbonyl (C=O) groups excluding carboxylic acids is 3. The molecule has 0 aliphatic heterocycles. The number of carbonyl (C=O) groups is 3. The molecule has 6 nitrogen and oxygen atoms in total. The molecule has 0 rings (SSSR count). The first-order valence-electron chi connectivity index (χ1n) is 27.5. The highest BCUT2D eigenvalue weighted by Gasteiger charge is 2.27. The van der Waals surface area contributed by atoms with E-state index in [-0.39, 0.29) is 19.3 Å². The van der Waals surface area contributed by atoms with Crippen molar-refractivity contribution in [1.29, 1.82) is 0 Å². The summed E-state index contributed by atoms with van der Waals surface area (Å²) >= 11 is 0. The summed E-state index contributed by atoms with van der Waals surface area (Å²) in [6.45, 7) is 6.82. The van der Waals surface area contributed by atoms with E-state index in [1.54, 1.807) is 0 Å². The molecule has 0 saturated heterocycles. The Labute approximate surface area is 382 Å². The number of unbranched alkanes of at least 4 members (excludes halogenated alkanes) is 42. The summed E-state index contributed by atoms with van der Waals surface area (Å²) < 4.78 is 16.5. The zero-order valence-corrected chi connectivity index (χ0v) is 42.2. The number of hydrogen-bond donors (Lipinski definition) is 0. The van der Waals surface area contributed by atoms with Gasteiger partial charge in [-0.15, -0.1) is 0 Å². The van der Waals surface area contributed by atoms with E-state index in [2.05, 4.69) is 20.8 Å². The molecular weight excluding hydrogens is 776 g/mol. The molecule has 0 aliphatic rings. The Morgan fingerprint density at radius 1 is 0.230 bits per heavy atom. The van der Waals surface area contributed by atoms with Crippen LogP contribution in [-0.4, -0.2) is 17.9 Å². The minimum atomic E-state index is -2.36. The highest BCUT2D eigenvalue weighted by Crippen LogP contribution is 2.41. The summed E-state index contributed by atoms with van der Waals surface area (Å²) in [5.41, 5.74) is 0. The van der Waals surface area contributed by atoms with Gasteiger partial charge in [0.15, 0.2) is 0 Å². The maximum atomic E-state index is 12.8. The van der Waals surface area contributed by atoms with Crippen LogP contribution >= 0.6 is 8.60 Å². The van der Waals surface area contributed by atoms with Crippen molar-refractivity contribution < 1.29 is 28.0 Å². The molecule has 0 aromatic carbocycles. The van der Waals surface area contributed by atoms with Crippen LogP contribution in [0, 0.1) is 0 Å². The lowest BCUT2D eigenvalue weighted by Gasteiger charge is -2.15. The summed E-state index contributed by atoms with van der Waals surface area (Å²) in [6, 6.07) is 0. The highest BCUT2D eigenvalue weighted by molar-refractivity contribution is 7.43. The fraction of sp³-hybridized carbons (Fsp3) is 0.944. The maximum Gasteiger partial charge on any atom is 0.537 e. The number of rotatable bonds is 51. The molecule has 0 atom stereocenters. The third-order valence-electron chi connectivity index (χ3n) is 12.5. The van der Waals surface area contributed by atoms with Gasteiger partial charge in [0.25, 0.3) is 0 Å². The lowest BCUT2D eigenvalue weighted by molar-refractivity contribution is -0.142. The molecule has 61 heavy (non-hydrogen) atoms. The van der Waals surface area contributed by atoms with E-state index in [4.69, 9.17) is 13.6 Å². The molecule has 0 bridgehead atoms. The zero-order chi connectivity index (χ0) is 44.4. The second-order valence-corrected chi connectivity index (χ2v) is 19.7. The average Bonchev–Trinajstić information content (AvgIpc) is 3.25. The molecule has 0 saturated carbocycles. The molecule has 0 heterocycles. The van der Waals surface area contributed by atoms with E-state index in [1.165, 1.54) is 231 Å². The van der Waals surface area contributed by atoms with Crippen LogP contribution in [0.3, 0.4) is 0 Å². The van der Waals surface area contributed by atoms with Crippen molar-refractivity contribution in [3.8, 4) is 0 Å². The second kappa shape index (κ2) is 51.5. The Kier molecular flexibility index (Phi) is 50.5. The molecule has 0 aromatic rings. The minimum absolute atomic E-state index is 0.254. The van der Waals surface area contributed by atoms with Gasteiger partial charge in [-0.05, 0) is 19.3 Å². The molecule has 7 heteroatoms. The molecular formula is C54H105O6P. The average molecular weight is 881 g/mol. The van der Waals surface area contributed by atoms with Crippen LogP contribution in [0.2, 0.25) is 0 Å². The Hall–Kier alpha value is -1.16. The van der Waals surface area contributed by atoms with Gasteiger partial charge >= 0.3 is 26.5 Å². The van der Waals surface area contributed by atoms with Crippen molar-refractivity contribution in [2.45, 2.75) is 329 Å². The summed E-state index contributed by atoms with van der Waals surface area (Å²) in [5.74, 6) is -1.33. The van der Waals surface area contributed by atoms with E-state index in [0.717, 1.165) is 57.8 Å². The smallest absolute Gasteiger partial charge is 0.375 e. The van der Waals surface area contributed by atoms with Crippen molar-refractivity contribution in [3.05, 3.63) is 0 Å². The topological polar surface area (TPSA) is 78.9 Å². The van der Waals surface area contributed by atoms with Crippen molar-refractivity contribution in [3.63, 3.8) is 0 Å². The molecule has 0 unspecified atom stereocenters. The van der Waals surface area contributed by atoms with Crippen molar-refractivity contribution >= 4 is 26.5 Å². The molecule has 0 fully saturated rings. The first-order chi connectivity index (χ1) is 30.0. The molecule has 0 aromatic heterocycles. The van der Waals surface area contributed by atoms with Crippen molar-refractivity contribution in [2.24, 2.45) is 0 Å². The van der Waals surface area contributed by atoms with Crippen LogP contribution in [0.5, 0.6) is 0 Å². The van der Waals surface area contributed by atoms with Crippen molar-refractivity contribution in [2.75, 3.05) is 0 Å². The van der Waals surface area contributed by atoms with Crippen LogP contribution in [0.25, 0.3) is 0 Å². The fourth-order valence-corrected chi connectivity index (χ4v) is 9.25. The Bertz CT molecular complexity index is 798. The van der Waals surface area contributed by atoms with Crippen molar-refractivity contribution in [1.82, 2.24) is 0 Å². The van der Waals surface area contributed by atoms with Gasteiger partial charge in [0.1, 0.15) is 0 Å². The van der Waals surface area contributed by atoms with Crippen LogP contribution in [0.15, 0.2) is 0 Å². The van der Waals surface area contributed by atoms with Crippen LogP contribution in [0.4, 0.5) is 0 Å². The number of hydrogen-bond acceptors (Lipinski definition) is 6. The molecule has 362 valence electrons. The minimum Gasteiger partial charge on any atom is -0.375 e. The second-order valence-electron chi connectivity index (χ2n) is 18.7. The van der Waals surface area contributed by atoms with E-state index in [1.807, 2.05) is 0 Å². The third kappa shape index (κ3) is 49.7. The normalized spacial score (nSPS) is 11.4. The lowest BCUT2D eigenvalue weighted by Crippen LogP contribution is -2.11. The predicted octanol–water partition coefficient (Wildman–Crippen LogP) is 19.6. The summed E-state index contributed by atoms with van der Waals surface area (Å²) in [5, 5.41) is 0. The first kappa shape index (κ1) is 59.8. The van der Waals surface area contributed by atoms with Gasteiger partial charge in [-0.3, -0.25) is 14.4 Å². The summed E-state index contributed by atoms with van der Waals surface area (Å²) in [7, 11) is -2.36. The van der Waals surface area contributed by atoms with Gasteiger partial charge in [0.2, 0.25) is 0 Å². The van der Waals surface area contributed by atoms with Crippen LogP contribution in [0.1, 0.15) is 329 Å². The van der Waals surface area contributed by atoms with Gasteiger partial charge in [-0.1, -0.05) is 290 Å². The van der Waals surface area contributed by atoms with Crippen LogP contribution in [-0.2, 0) is 28.0 Å². The SMILES string of the molecule is CCCCCCCCCCCCCCCCCC(=O)OP(OC(=O)CCCCCCCCCCCCCCCCC)OC(=O)CCCCCCCCCCCCCCCCC. The van der Waals surface area contributed by atoms with E-state index in [9.17, 15) is 14.4 Å². The summed E-state index contributed by atoms with van der Waals surface area (Å²) in [4.78, 5) is 38.3. The fourth-order valence-electron chi connectivity index (χ4n) is 8.36. The monoisotopic (exact) mass is 881 g/mol. The van der Waals surface area contributed by atoms with E-state index in [0.29, 0.717) is 0 Å². The first-order valence-corrected chi connectivity index (χ1v) is 28.5. The predicted molar refractivity (Wildman–Crippen MR) is 264 cm³/mol. The van der Waals surface area contributed by atoms with Gasteiger partial charge in [0, 0.05) is 19.3 Å². The maximum absolute atomic E-state index is 12.8. The van der Waals surface area contributed by atoms with E-state index < -0.39 is 26.5 Å². The van der Waals surface area contributed by atoms with Gasteiger partial charge < -0.3 is 13.6 Å². The van der Waals surface area contributed by atoms with E-state index >= 15 is 0 Å². The molecule has 0 amide bonds. The Balaban J connectivity index is 4.31. The quantitative estimate of drug-likeness (QED) is 0.0447. The molecule has 0 aliphatic carbocycles. The van der Waals surface area contributed by atoms with Crippen LogP contribution < -0.4 is 0 Å². The van der Waals surface area contributed by atoms with Gasteiger partial charge in [-0.25, -0.2) is 0 Å². The highest BCUT2D eigenvalue weighted by atomic mass is 31.2. The Morgan fingerprint density at radius 2 is 0.361 bits per heavy atom. The molecule has 0 radical (unpaired) electrons. The zero-order valence-electron chi connectivity index (χ0n) is 41.3. The van der Waals surface area contributed by atoms with Gasteiger partial charge in [0.05, 0.1) is 0 Å².